The van der Waals surface area contributed by atoms with E-state index in [0.29, 0.717) is 40.7 Å². The fourth-order valence-corrected chi connectivity index (χ4v) is 3.78. The number of morpholine rings is 1. The summed E-state index contributed by atoms with van der Waals surface area (Å²) in [4.78, 5) is 15.0. The Balaban J connectivity index is 1.29. The quantitative estimate of drug-likeness (QED) is 0.458. The van der Waals surface area contributed by atoms with E-state index in [1.807, 2.05) is 25.1 Å². The first-order valence-corrected chi connectivity index (χ1v) is 10.8. The van der Waals surface area contributed by atoms with E-state index in [1.54, 1.807) is 24.4 Å². The number of amides is 1. The molecular formula is C22H21ClN6O4. The fraction of sp³-hybridized carbons (Fsp3) is 0.273. The van der Waals surface area contributed by atoms with Crippen LogP contribution in [0.5, 0.6) is 5.75 Å². The van der Waals surface area contributed by atoms with Crippen LogP contribution in [0.3, 0.4) is 0 Å². The van der Waals surface area contributed by atoms with Gasteiger partial charge >= 0.3 is 0 Å². The van der Waals surface area contributed by atoms with Crippen LogP contribution in [0.2, 0.25) is 5.02 Å². The molecule has 1 fully saturated rings. The first kappa shape index (κ1) is 21.2. The van der Waals surface area contributed by atoms with E-state index in [0.717, 1.165) is 24.3 Å². The number of aromatic nitrogens is 4. The van der Waals surface area contributed by atoms with Gasteiger partial charge in [0.15, 0.2) is 23.5 Å². The van der Waals surface area contributed by atoms with Gasteiger partial charge in [-0.3, -0.25) is 4.79 Å². The van der Waals surface area contributed by atoms with Gasteiger partial charge in [-0.2, -0.15) is 5.10 Å². The summed E-state index contributed by atoms with van der Waals surface area (Å²) in [6.45, 7) is 4.86. The monoisotopic (exact) mass is 468 g/mol. The van der Waals surface area contributed by atoms with Crippen LogP contribution in [0, 0.1) is 6.92 Å². The van der Waals surface area contributed by atoms with Crippen LogP contribution in [0.1, 0.15) is 16.1 Å². The van der Waals surface area contributed by atoms with Crippen molar-refractivity contribution in [2.24, 2.45) is 0 Å². The van der Waals surface area contributed by atoms with Crippen LogP contribution in [0.15, 0.2) is 47.2 Å². The maximum atomic E-state index is 12.8. The minimum atomic E-state index is -0.384. The molecule has 0 radical (unpaired) electrons. The molecule has 0 atom stereocenters. The lowest BCUT2D eigenvalue weighted by atomic mass is 10.2. The van der Waals surface area contributed by atoms with Crippen LogP contribution < -0.4 is 15.0 Å². The first-order valence-electron chi connectivity index (χ1n) is 10.4. The zero-order valence-corrected chi connectivity index (χ0v) is 18.6. The van der Waals surface area contributed by atoms with E-state index in [-0.39, 0.29) is 18.3 Å². The molecule has 0 bridgehead atoms. The molecule has 10 nitrogen and oxygen atoms in total. The second-order valence-electron chi connectivity index (χ2n) is 7.59. The fourth-order valence-electron chi connectivity index (χ4n) is 3.61. The number of halogens is 1. The molecule has 4 aromatic rings. The molecule has 0 spiro atoms. The van der Waals surface area contributed by atoms with Crippen molar-refractivity contribution in [1.82, 2.24) is 20.1 Å². The molecule has 1 aliphatic heterocycles. The zero-order valence-electron chi connectivity index (χ0n) is 17.8. The molecule has 1 N–H and O–H groups in total. The van der Waals surface area contributed by atoms with E-state index >= 15 is 0 Å². The highest BCUT2D eigenvalue weighted by molar-refractivity contribution is 6.32. The Hall–Kier alpha value is -3.63. The third-order valence-corrected chi connectivity index (χ3v) is 5.62. The predicted octanol–water partition coefficient (Wildman–Crippen LogP) is 3.51. The zero-order chi connectivity index (χ0) is 22.8. The summed E-state index contributed by atoms with van der Waals surface area (Å²) >= 11 is 6.16. The van der Waals surface area contributed by atoms with Gasteiger partial charge in [-0.1, -0.05) is 17.7 Å². The summed E-state index contributed by atoms with van der Waals surface area (Å²) < 4.78 is 17.6. The Kier molecular flexibility index (Phi) is 5.84. The summed E-state index contributed by atoms with van der Waals surface area (Å²) in [6.07, 6.45) is 1.66. The molecule has 5 rings (SSSR count). The van der Waals surface area contributed by atoms with Crippen LogP contribution in [0.4, 0.5) is 11.4 Å². The van der Waals surface area contributed by atoms with Gasteiger partial charge < -0.3 is 19.7 Å². The van der Waals surface area contributed by atoms with E-state index in [4.69, 9.17) is 25.7 Å². The molecule has 0 aliphatic carbocycles. The molecule has 170 valence electrons. The van der Waals surface area contributed by atoms with Crippen molar-refractivity contribution in [1.29, 1.82) is 0 Å². The van der Waals surface area contributed by atoms with Crippen molar-refractivity contribution >= 4 is 39.9 Å². The van der Waals surface area contributed by atoms with Crippen molar-refractivity contribution in [3.8, 4) is 5.75 Å². The number of benzene rings is 2. The molecule has 0 saturated carbocycles. The van der Waals surface area contributed by atoms with Crippen molar-refractivity contribution in [3.05, 3.63) is 58.9 Å². The molecule has 1 aliphatic rings. The lowest BCUT2D eigenvalue weighted by Crippen LogP contribution is -2.36. The number of ether oxygens (including phenoxy) is 2. The number of carbonyl (C=O) groups excluding carboxylic acids is 1. The number of nitrogens with zero attached hydrogens (tertiary/aromatic N) is 5. The van der Waals surface area contributed by atoms with Gasteiger partial charge in [-0.25, -0.2) is 9.31 Å². The molecule has 0 unspecified atom stereocenters. The van der Waals surface area contributed by atoms with Gasteiger partial charge in [0.1, 0.15) is 5.75 Å². The van der Waals surface area contributed by atoms with Crippen molar-refractivity contribution in [3.63, 3.8) is 0 Å². The molecular weight excluding hydrogens is 448 g/mol. The minimum Gasteiger partial charge on any atom is -0.470 e. The number of aryl methyl sites for hydroxylation is 1. The van der Waals surface area contributed by atoms with Crippen molar-refractivity contribution < 1.29 is 18.9 Å². The van der Waals surface area contributed by atoms with E-state index < -0.39 is 0 Å². The molecule has 1 amide bonds. The lowest BCUT2D eigenvalue weighted by molar-refractivity contribution is 0.102. The number of nitrogens with one attached hydrogen (secondary N) is 1. The van der Waals surface area contributed by atoms with Crippen molar-refractivity contribution in [2.45, 2.75) is 13.7 Å². The molecule has 33 heavy (non-hydrogen) atoms. The average Bonchev–Trinajstić information content (AvgIpc) is 3.51. The Bertz CT molecular complexity index is 1300. The smallest absolute Gasteiger partial charge is 0.276 e. The van der Waals surface area contributed by atoms with E-state index in [1.165, 1.54) is 4.68 Å². The maximum absolute atomic E-state index is 12.8. The van der Waals surface area contributed by atoms with Crippen LogP contribution in [-0.2, 0) is 11.5 Å². The van der Waals surface area contributed by atoms with Crippen molar-refractivity contribution in [2.75, 3.05) is 36.5 Å². The number of fused-ring (bicyclic) bond motifs is 1. The molecule has 2 aromatic carbocycles. The number of hydrogen-bond donors (Lipinski definition) is 1. The van der Waals surface area contributed by atoms with Crippen LogP contribution in [0.25, 0.3) is 11.0 Å². The Labute approximate surface area is 194 Å². The number of anilines is 2. The minimum absolute atomic E-state index is 0.113. The van der Waals surface area contributed by atoms with Gasteiger partial charge in [0, 0.05) is 19.3 Å². The third-order valence-electron chi connectivity index (χ3n) is 5.31. The molecule has 11 heteroatoms. The number of hydrogen-bond acceptors (Lipinski definition) is 8. The second-order valence-corrected chi connectivity index (χ2v) is 8.00. The molecule has 3 heterocycles. The van der Waals surface area contributed by atoms with Gasteiger partial charge in [0.05, 0.1) is 29.6 Å². The largest absolute Gasteiger partial charge is 0.470 e. The highest BCUT2D eigenvalue weighted by atomic mass is 35.5. The van der Waals surface area contributed by atoms with E-state index in [9.17, 15) is 4.79 Å². The standard InChI is InChI=1S/C22H21ClN6O4/c1-14-2-3-15(23)19(12-14)32-13-29-7-6-17(25-29)22(30)24-16-4-5-18(21-20(16)26-33-27-21)28-8-10-31-11-9-28/h2-7,12H,8-11,13H2,1H3,(H,24,30). The Morgan fingerprint density at radius 3 is 2.82 bits per heavy atom. The molecule has 2 aromatic heterocycles. The Morgan fingerprint density at radius 1 is 1.15 bits per heavy atom. The van der Waals surface area contributed by atoms with Gasteiger partial charge in [-0.15, -0.1) is 0 Å². The summed E-state index contributed by atoms with van der Waals surface area (Å²) in [6, 6.07) is 10.8. The summed E-state index contributed by atoms with van der Waals surface area (Å²) in [5.41, 5.74) is 3.71. The number of rotatable bonds is 6. The Morgan fingerprint density at radius 2 is 1.97 bits per heavy atom. The third kappa shape index (κ3) is 4.48. The molecule has 1 saturated heterocycles. The van der Waals surface area contributed by atoms with Gasteiger partial charge in [-0.05, 0) is 53.1 Å². The van der Waals surface area contributed by atoms with Crippen LogP contribution >= 0.6 is 11.6 Å². The maximum Gasteiger partial charge on any atom is 0.276 e. The normalized spacial score (nSPS) is 13.9. The second kappa shape index (κ2) is 9.08. The average molecular weight is 469 g/mol. The topological polar surface area (TPSA) is 108 Å². The lowest BCUT2D eigenvalue weighted by Gasteiger charge is -2.28. The van der Waals surface area contributed by atoms with Gasteiger partial charge in [0.25, 0.3) is 5.91 Å². The van der Waals surface area contributed by atoms with Gasteiger partial charge in [0.2, 0.25) is 0 Å². The summed E-state index contributed by atoms with van der Waals surface area (Å²) in [7, 11) is 0. The SMILES string of the molecule is Cc1ccc(Cl)c(OCn2ccc(C(=O)Nc3ccc(N4CCOCC4)c4nonc34)n2)c1. The summed E-state index contributed by atoms with van der Waals surface area (Å²) in [5.74, 6) is 0.171. The van der Waals surface area contributed by atoms with E-state index in [2.05, 4.69) is 25.6 Å². The summed E-state index contributed by atoms with van der Waals surface area (Å²) in [5, 5.41) is 15.7. The highest BCUT2D eigenvalue weighted by Gasteiger charge is 2.20. The first-order chi connectivity index (χ1) is 16.1. The van der Waals surface area contributed by atoms with Crippen LogP contribution in [-0.4, -0.2) is 52.3 Å². The predicted molar refractivity (Wildman–Crippen MR) is 122 cm³/mol. The highest BCUT2D eigenvalue weighted by Crippen LogP contribution is 2.31. The number of carbonyl (C=O) groups is 1.